The second kappa shape index (κ2) is 5.41. The van der Waals surface area contributed by atoms with E-state index in [0.29, 0.717) is 25.0 Å². The first kappa shape index (κ1) is 14.2. The van der Waals surface area contributed by atoms with Crippen molar-refractivity contribution in [3.63, 3.8) is 0 Å². The van der Waals surface area contributed by atoms with Gasteiger partial charge in [-0.25, -0.2) is 4.39 Å². The molecule has 1 aliphatic rings. The smallest absolute Gasteiger partial charge is 0.197 e. The number of halogens is 1. The second-order valence-corrected chi connectivity index (χ2v) is 5.40. The maximum absolute atomic E-state index is 14.1. The van der Waals surface area contributed by atoms with Gasteiger partial charge in [-0.2, -0.15) is 0 Å². The van der Waals surface area contributed by atoms with Crippen LogP contribution >= 0.6 is 0 Å². The Balaban J connectivity index is 2.43. The molecule has 0 aromatic heterocycles. The van der Waals surface area contributed by atoms with Crippen molar-refractivity contribution < 1.29 is 13.9 Å². The number of carbonyl (C=O) groups is 1. The molecule has 19 heavy (non-hydrogen) atoms. The van der Waals surface area contributed by atoms with Crippen LogP contribution in [0, 0.1) is 19.7 Å². The summed E-state index contributed by atoms with van der Waals surface area (Å²) in [4.78, 5) is 12.7. The van der Waals surface area contributed by atoms with Gasteiger partial charge in [-0.3, -0.25) is 4.79 Å². The average Bonchev–Trinajstić information content (AvgIpc) is 2.77. The molecule has 0 unspecified atom stereocenters. The Morgan fingerprint density at radius 1 is 1.32 bits per heavy atom. The van der Waals surface area contributed by atoms with E-state index in [4.69, 9.17) is 4.74 Å². The van der Waals surface area contributed by atoms with E-state index in [1.165, 1.54) is 6.07 Å². The third-order valence-electron chi connectivity index (χ3n) is 3.90. The number of benzene rings is 1. The molecular formula is C16H21FO2. The quantitative estimate of drug-likeness (QED) is 0.769. The molecule has 2 rings (SSSR count). The van der Waals surface area contributed by atoms with Crippen molar-refractivity contribution in [1.82, 2.24) is 0 Å². The molecule has 0 aliphatic heterocycles. The average molecular weight is 264 g/mol. The molecule has 0 bridgehead atoms. The minimum atomic E-state index is -0.796. The molecule has 1 aliphatic carbocycles. The molecule has 1 fully saturated rings. The zero-order chi connectivity index (χ0) is 14.0. The van der Waals surface area contributed by atoms with Gasteiger partial charge in [0.1, 0.15) is 11.4 Å². The van der Waals surface area contributed by atoms with E-state index in [1.54, 1.807) is 6.92 Å². The lowest BCUT2D eigenvalue weighted by molar-refractivity contribution is -0.0167. The van der Waals surface area contributed by atoms with Crippen LogP contribution in [0.5, 0.6) is 0 Å². The molecule has 104 valence electrons. The highest BCUT2D eigenvalue weighted by atomic mass is 19.1. The summed E-state index contributed by atoms with van der Waals surface area (Å²) in [5, 5.41) is 0. The van der Waals surface area contributed by atoms with E-state index in [2.05, 4.69) is 0 Å². The number of ketones is 1. The first-order valence-corrected chi connectivity index (χ1v) is 6.95. The highest BCUT2D eigenvalue weighted by molar-refractivity contribution is 6.04. The summed E-state index contributed by atoms with van der Waals surface area (Å²) in [7, 11) is 0. The zero-order valence-corrected chi connectivity index (χ0v) is 11.9. The van der Waals surface area contributed by atoms with Gasteiger partial charge in [-0.05, 0) is 63.6 Å². The van der Waals surface area contributed by atoms with Crippen molar-refractivity contribution in [2.24, 2.45) is 0 Å². The molecular weight excluding hydrogens is 243 g/mol. The van der Waals surface area contributed by atoms with Crippen molar-refractivity contribution >= 4 is 5.78 Å². The standard InChI is InChI=1S/C16H21FO2/c1-4-19-16(7-5-6-8-16)15(18)14-12(3)9-11(2)10-13(14)17/h9-10H,4-8H2,1-3H3. The molecule has 1 aromatic carbocycles. The summed E-state index contributed by atoms with van der Waals surface area (Å²) in [6, 6.07) is 3.28. The lowest BCUT2D eigenvalue weighted by atomic mass is 9.88. The number of aryl methyl sites for hydroxylation is 2. The van der Waals surface area contributed by atoms with Crippen molar-refractivity contribution in [2.75, 3.05) is 6.61 Å². The van der Waals surface area contributed by atoms with Crippen LogP contribution in [0.15, 0.2) is 12.1 Å². The molecule has 1 saturated carbocycles. The summed E-state index contributed by atoms with van der Waals surface area (Å²) < 4.78 is 19.9. The summed E-state index contributed by atoms with van der Waals surface area (Å²) in [6.45, 7) is 5.99. The Hall–Kier alpha value is -1.22. The zero-order valence-electron chi connectivity index (χ0n) is 11.9. The number of carbonyl (C=O) groups excluding carboxylic acids is 1. The molecule has 3 heteroatoms. The van der Waals surface area contributed by atoms with E-state index in [-0.39, 0.29) is 11.3 Å². The van der Waals surface area contributed by atoms with Crippen molar-refractivity contribution in [2.45, 2.75) is 52.1 Å². The SMILES string of the molecule is CCOC1(C(=O)c2c(C)cc(C)cc2F)CCCC1. The molecule has 0 heterocycles. The van der Waals surface area contributed by atoms with Gasteiger partial charge in [0.25, 0.3) is 0 Å². The lowest BCUT2D eigenvalue weighted by Gasteiger charge is -2.28. The van der Waals surface area contributed by atoms with Gasteiger partial charge in [0, 0.05) is 6.61 Å². The first-order chi connectivity index (χ1) is 9.00. The molecule has 1 aromatic rings. The molecule has 0 radical (unpaired) electrons. The molecule has 0 saturated heterocycles. The highest BCUT2D eigenvalue weighted by Crippen LogP contribution is 2.37. The number of rotatable bonds is 4. The Kier molecular flexibility index (Phi) is 4.04. The Labute approximate surface area is 114 Å². The fourth-order valence-corrected chi connectivity index (χ4v) is 3.09. The maximum Gasteiger partial charge on any atom is 0.197 e. The Morgan fingerprint density at radius 2 is 1.95 bits per heavy atom. The van der Waals surface area contributed by atoms with Crippen LogP contribution in [0.4, 0.5) is 4.39 Å². The molecule has 0 N–H and O–H groups in total. The van der Waals surface area contributed by atoms with Crippen molar-refractivity contribution in [1.29, 1.82) is 0 Å². The van der Waals surface area contributed by atoms with Gasteiger partial charge in [0.15, 0.2) is 5.78 Å². The van der Waals surface area contributed by atoms with E-state index in [0.717, 1.165) is 18.4 Å². The van der Waals surface area contributed by atoms with E-state index >= 15 is 0 Å². The summed E-state index contributed by atoms with van der Waals surface area (Å²) in [5.74, 6) is -0.602. The fraction of sp³-hybridized carbons (Fsp3) is 0.562. The van der Waals surface area contributed by atoms with Gasteiger partial charge >= 0.3 is 0 Å². The fourth-order valence-electron chi connectivity index (χ4n) is 3.09. The summed E-state index contributed by atoms with van der Waals surface area (Å²) in [5.41, 5.74) is 0.952. The predicted molar refractivity (Wildman–Crippen MR) is 73.0 cm³/mol. The van der Waals surface area contributed by atoms with Gasteiger partial charge < -0.3 is 4.74 Å². The largest absolute Gasteiger partial charge is 0.367 e. The molecule has 0 spiro atoms. The second-order valence-electron chi connectivity index (χ2n) is 5.40. The topological polar surface area (TPSA) is 26.3 Å². The minimum Gasteiger partial charge on any atom is -0.367 e. The van der Waals surface area contributed by atoms with Crippen LogP contribution in [-0.4, -0.2) is 18.0 Å². The van der Waals surface area contributed by atoms with Gasteiger partial charge in [0.05, 0.1) is 5.56 Å². The van der Waals surface area contributed by atoms with Crippen LogP contribution in [0.1, 0.15) is 54.1 Å². The van der Waals surface area contributed by atoms with E-state index in [9.17, 15) is 9.18 Å². The van der Waals surface area contributed by atoms with Gasteiger partial charge in [-0.15, -0.1) is 0 Å². The van der Waals surface area contributed by atoms with Gasteiger partial charge in [0.2, 0.25) is 0 Å². The maximum atomic E-state index is 14.1. The predicted octanol–water partition coefficient (Wildman–Crippen LogP) is 3.97. The molecule has 2 nitrogen and oxygen atoms in total. The Bertz CT molecular complexity index is 465. The van der Waals surface area contributed by atoms with Crippen LogP contribution < -0.4 is 0 Å². The third kappa shape index (κ3) is 2.57. The summed E-state index contributed by atoms with van der Waals surface area (Å²) >= 11 is 0. The van der Waals surface area contributed by atoms with Crippen molar-refractivity contribution in [3.05, 3.63) is 34.6 Å². The van der Waals surface area contributed by atoms with Crippen LogP contribution in [0.25, 0.3) is 0 Å². The first-order valence-electron chi connectivity index (χ1n) is 6.95. The molecule has 0 atom stereocenters. The monoisotopic (exact) mass is 264 g/mol. The lowest BCUT2D eigenvalue weighted by Crippen LogP contribution is -2.39. The number of hydrogen-bond acceptors (Lipinski definition) is 2. The highest BCUT2D eigenvalue weighted by Gasteiger charge is 2.43. The van der Waals surface area contributed by atoms with Crippen LogP contribution in [-0.2, 0) is 4.74 Å². The normalized spacial score (nSPS) is 17.7. The minimum absolute atomic E-state index is 0.179. The Morgan fingerprint density at radius 3 is 2.47 bits per heavy atom. The van der Waals surface area contributed by atoms with Crippen LogP contribution in [0.3, 0.4) is 0 Å². The van der Waals surface area contributed by atoms with Gasteiger partial charge in [-0.1, -0.05) is 6.07 Å². The molecule has 0 amide bonds. The summed E-state index contributed by atoms with van der Waals surface area (Å²) in [6.07, 6.45) is 3.34. The van der Waals surface area contributed by atoms with E-state index < -0.39 is 11.4 Å². The third-order valence-corrected chi connectivity index (χ3v) is 3.90. The number of Topliss-reactive ketones (excluding diaryl/α,β-unsaturated/α-hetero) is 1. The number of ether oxygens (including phenoxy) is 1. The van der Waals surface area contributed by atoms with Crippen LogP contribution in [0.2, 0.25) is 0 Å². The van der Waals surface area contributed by atoms with E-state index in [1.807, 2.05) is 19.9 Å². The van der Waals surface area contributed by atoms with Crippen molar-refractivity contribution in [3.8, 4) is 0 Å². The number of hydrogen-bond donors (Lipinski definition) is 0.